The van der Waals surface area contributed by atoms with E-state index in [2.05, 4.69) is 10.2 Å². The van der Waals surface area contributed by atoms with Crippen LogP contribution in [0.5, 0.6) is 5.75 Å². The molecule has 0 aliphatic heterocycles. The Bertz CT molecular complexity index is 614. The fraction of sp³-hybridized carbons (Fsp3) is 0.214. The molecular weight excluding hydrogens is 280 g/mol. The number of methoxy groups -OCH3 is 1. The molecule has 0 atom stereocenters. The first kappa shape index (κ1) is 14.3. The van der Waals surface area contributed by atoms with Crippen molar-refractivity contribution in [3.05, 3.63) is 41.0 Å². The fourth-order valence-electron chi connectivity index (χ4n) is 1.63. The topological polar surface area (TPSA) is 61.3 Å². The minimum Gasteiger partial charge on any atom is -0.497 e. The van der Waals surface area contributed by atoms with Gasteiger partial charge in [-0.25, -0.2) is 4.79 Å². The lowest BCUT2D eigenvalue weighted by Gasteiger charge is -2.06. The van der Waals surface area contributed by atoms with Gasteiger partial charge in [-0.2, -0.15) is 0 Å². The molecule has 6 heteroatoms. The molecule has 0 aliphatic rings. The number of aromatic nitrogens is 2. The zero-order valence-corrected chi connectivity index (χ0v) is 11.8. The Hall–Kier alpha value is -2.14. The van der Waals surface area contributed by atoms with Crippen molar-refractivity contribution in [2.75, 3.05) is 13.7 Å². The van der Waals surface area contributed by atoms with Crippen molar-refractivity contribution in [3.63, 3.8) is 0 Å². The molecule has 0 spiro atoms. The summed E-state index contributed by atoms with van der Waals surface area (Å²) in [5, 5.41) is 7.79. The van der Waals surface area contributed by atoms with Crippen LogP contribution in [0.3, 0.4) is 0 Å². The molecule has 2 rings (SSSR count). The van der Waals surface area contributed by atoms with Crippen molar-refractivity contribution in [2.24, 2.45) is 0 Å². The monoisotopic (exact) mass is 292 g/mol. The molecular formula is C14H13ClN2O3. The molecule has 0 unspecified atom stereocenters. The highest BCUT2D eigenvalue weighted by molar-refractivity contribution is 6.32. The summed E-state index contributed by atoms with van der Waals surface area (Å²) in [6.07, 6.45) is 0. The van der Waals surface area contributed by atoms with Gasteiger partial charge >= 0.3 is 5.97 Å². The number of benzene rings is 1. The van der Waals surface area contributed by atoms with E-state index >= 15 is 0 Å². The molecule has 104 valence electrons. The molecule has 1 aromatic carbocycles. The second kappa shape index (κ2) is 6.34. The molecule has 2 aromatic rings. The van der Waals surface area contributed by atoms with Crippen molar-refractivity contribution >= 4 is 17.6 Å². The van der Waals surface area contributed by atoms with Crippen molar-refractivity contribution in [1.29, 1.82) is 0 Å². The molecule has 0 radical (unpaired) electrons. The zero-order valence-electron chi connectivity index (χ0n) is 11.1. The molecule has 0 saturated carbocycles. The van der Waals surface area contributed by atoms with E-state index in [1.807, 2.05) is 12.1 Å². The summed E-state index contributed by atoms with van der Waals surface area (Å²) in [7, 11) is 1.59. The van der Waals surface area contributed by atoms with Gasteiger partial charge in [-0.15, -0.1) is 10.2 Å². The lowest BCUT2D eigenvalue weighted by molar-refractivity contribution is 0.0526. The molecule has 0 amide bonds. The van der Waals surface area contributed by atoms with Gasteiger partial charge in [0.25, 0.3) is 0 Å². The number of rotatable bonds is 4. The van der Waals surface area contributed by atoms with Crippen LogP contribution in [0.2, 0.25) is 5.15 Å². The molecule has 0 bridgehead atoms. The van der Waals surface area contributed by atoms with Gasteiger partial charge in [0, 0.05) is 5.56 Å². The van der Waals surface area contributed by atoms with E-state index in [0.717, 1.165) is 11.3 Å². The van der Waals surface area contributed by atoms with Crippen molar-refractivity contribution in [1.82, 2.24) is 10.2 Å². The summed E-state index contributed by atoms with van der Waals surface area (Å²) in [5.41, 5.74) is 1.55. The maximum absolute atomic E-state index is 11.8. The van der Waals surface area contributed by atoms with Gasteiger partial charge in [0.15, 0.2) is 5.15 Å². The minimum absolute atomic E-state index is 0.0284. The molecule has 0 N–H and O–H groups in total. The summed E-state index contributed by atoms with van der Waals surface area (Å²) in [6, 6.07) is 8.82. The standard InChI is InChI=1S/C14H13ClN2O3/c1-3-20-14(18)11-8-12(16-17-13(11)15)9-4-6-10(19-2)7-5-9/h4-8H,3H2,1-2H3. The largest absolute Gasteiger partial charge is 0.497 e. The van der Waals surface area contributed by atoms with Crippen LogP contribution >= 0.6 is 11.6 Å². The highest BCUT2D eigenvalue weighted by Crippen LogP contribution is 2.23. The van der Waals surface area contributed by atoms with E-state index in [1.165, 1.54) is 0 Å². The summed E-state index contributed by atoms with van der Waals surface area (Å²) >= 11 is 5.87. The van der Waals surface area contributed by atoms with Crippen LogP contribution in [-0.2, 0) is 4.74 Å². The Morgan fingerprint density at radius 2 is 1.95 bits per heavy atom. The molecule has 5 nitrogen and oxygen atoms in total. The number of hydrogen-bond donors (Lipinski definition) is 0. The van der Waals surface area contributed by atoms with Crippen LogP contribution in [0.4, 0.5) is 0 Å². The van der Waals surface area contributed by atoms with E-state index in [9.17, 15) is 4.79 Å². The second-order valence-corrected chi connectivity index (χ2v) is 4.24. The highest BCUT2D eigenvalue weighted by atomic mass is 35.5. The first-order valence-corrected chi connectivity index (χ1v) is 6.38. The predicted octanol–water partition coefficient (Wildman–Crippen LogP) is 2.98. The predicted molar refractivity (Wildman–Crippen MR) is 75.0 cm³/mol. The van der Waals surface area contributed by atoms with Crippen LogP contribution in [0.1, 0.15) is 17.3 Å². The van der Waals surface area contributed by atoms with Gasteiger partial charge in [0.1, 0.15) is 11.3 Å². The average Bonchev–Trinajstić information content (AvgIpc) is 2.48. The number of nitrogens with zero attached hydrogens (tertiary/aromatic N) is 2. The molecule has 20 heavy (non-hydrogen) atoms. The number of hydrogen-bond acceptors (Lipinski definition) is 5. The van der Waals surface area contributed by atoms with Gasteiger partial charge < -0.3 is 9.47 Å². The fourth-order valence-corrected chi connectivity index (χ4v) is 1.80. The molecule has 0 fully saturated rings. The number of ether oxygens (including phenoxy) is 2. The maximum Gasteiger partial charge on any atom is 0.341 e. The van der Waals surface area contributed by atoms with Crippen molar-refractivity contribution in [2.45, 2.75) is 6.92 Å². The summed E-state index contributed by atoms with van der Waals surface area (Å²) < 4.78 is 10.0. The maximum atomic E-state index is 11.8. The number of carbonyl (C=O) groups excluding carboxylic acids is 1. The number of carbonyl (C=O) groups is 1. The normalized spacial score (nSPS) is 10.2. The van der Waals surface area contributed by atoms with E-state index in [0.29, 0.717) is 5.69 Å². The third kappa shape index (κ3) is 3.05. The van der Waals surface area contributed by atoms with Crippen molar-refractivity contribution < 1.29 is 14.3 Å². The molecule has 1 aromatic heterocycles. The zero-order chi connectivity index (χ0) is 14.5. The van der Waals surface area contributed by atoms with Gasteiger partial charge in [0.2, 0.25) is 0 Å². The third-order valence-electron chi connectivity index (χ3n) is 2.63. The summed E-state index contributed by atoms with van der Waals surface area (Å²) in [4.78, 5) is 11.8. The lowest BCUT2D eigenvalue weighted by Crippen LogP contribution is -2.07. The number of esters is 1. The van der Waals surface area contributed by atoms with Gasteiger partial charge in [-0.05, 0) is 37.3 Å². The second-order valence-electron chi connectivity index (χ2n) is 3.88. The van der Waals surface area contributed by atoms with Crippen LogP contribution < -0.4 is 4.74 Å². The van der Waals surface area contributed by atoms with Crippen LogP contribution in [0.25, 0.3) is 11.3 Å². The average molecular weight is 293 g/mol. The highest BCUT2D eigenvalue weighted by Gasteiger charge is 2.15. The Kier molecular flexibility index (Phi) is 4.53. The number of halogens is 1. The van der Waals surface area contributed by atoms with Crippen molar-refractivity contribution in [3.8, 4) is 17.0 Å². The van der Waals surface area contributed by atoms with Gasteiger partial charge in [0.05, 0.1) is 19.4 Å². The Balaban J connectivity index is 2.37. The molecule has 0 saturated heterocycles. The van der Waals surface area contributed by atoms with Gasteiger partial charge in [-0.3, -0.25) is 0 Å². The van der Waals surface area contributed by atoms with Crippen LogP contribution in [-0.4, -0.2) is 29.9 Å². The Morgan fingerprint density at radius 1 is 1.25 bits per heavy atom. The van der Waals surface area contributed by atoms with E-state index in [-0.39, 0.29) is 17.3 Å². The van der Waals surface area contributed by atoms with Gasteiger partial charge in [-0.1, -0.05) is 11.6 Å². The van der Waals surface area contributed by atoms with Crippen LogP contribution in [0.15, 0.2) is 30.3 Å². The third-order valence-corrected chi connectivity index (χ3v) is 2.91. The first-order chi connectivity index (χ1) is 9.65. The summed E-state index contributed by atoms with van der Waals surface area (Å²) in [6.45, 7) is 2.00. The smallest absolute Gasteiger partial charge is 0.341 e. The quantitative estimate of drug-likeness (QED) is 0.811. The van der Waals surface area contributed by atoms with E-state index in [1.54, 1.807) is 32.2 Å². The lowest BCUT2D eigenvalue weighted by atomic mass is 10.1. The first-order valence-electron chi connectivity index (χ1n) is 6.00. The molecule has 1 heterocycles. The minimum atomic E-state index is -0.512. The Labute approximate surface area is 121 Å². The molecule has 0 aliphatic carbocycles. The SMILES string of the molecule is CCOC(=O)c1cc(-c2ccc(OC)cc2)nnc1Cl. The summed E-state index contributed by atoms with van der Waals surface area (Å²) in [5.74, 6) is 0.225. The van der Waals surface area contributed by atoms with Crippen LogP contribution in [0, 0.1) is 0 Å². The van der Waals surface area contributed by atoms with E-state index < -0.39 is 5.97 Å². The Morgan fingerprint density at radius 3 is 2.55 bits per heavy atom. The van der Waals surface area contributed by atoms with E-state index in [4.69, 9.17) is 21.1 Å².